The number of carbonyl (C=O) groups is 1. The Kier molecular flexibility index (Phi) is 4.19. The van der Waals surface area contributed by atoms with Gasteiger partial charge in [-0.15, -0.1) is 0 Å². The lowest BCUT2D eigenvalue weighted by molar-refractivity contribution is -0.135. The SMILES string of the molecule is Cc1ccc(Cl)c(OC(C)C(=O)N(C)C)c1. The zero-order valence-corrected chi connectivity index (χ0v) is 10.7. The Balaban J connectivity index is 2.80. The maximum Gasteiger partial charge on any atom is 0.262 e. The fourth-order valence-corrected chi connectivity index (χ4v) is 1.47. The number of benzene rings is 1. The Labute approximate surface area is 101 Å². The second-order valence-electron chi connectivity index (χ2n) is 3.93. The first-order valence-corrected chi connectivity index (χ1v) is 5.43. The van der Waals surface area contributed by atoms with Crippen LogP contribution in [-0.2, 0) is 4.79 Å². The molecule has 0 aliphatic heterocycles. The number of hydrogen-bond donors (Lipinski definition) is 0. The molecule has 1 unspecified atom stereocenters. The van der Waals surface area contributed by atoms with Crippen LogP contribution < -0.4 is 4.74 Å². The number of halogens is 1. The molecule has 3 nitrogen and oxygen atoms in total. The van der Waals surface area contributed by atoms with Crippen molar-refractivity contribution in [3.63, 3.8) is 0 Å². The summed E-state index contributed by atoms with van der Waals surface area (Å²) in [5.41, 5.74) is 1.05. The van der Waals surface area contributed by atoms with Gasteiger partial charge >= 0.3 is 0 Å². The average molecular weight is 242 g/mol. The second-order valence-corrected chi connectivity index (χ2v) is 4.33. The Morgan fingerprint density at radius 1 is 1.44 bits per heavy atom. The van der Waals surface area contributed by atoms with E-state index in [1.54, 1.807) is 27.1 Å². The summed E-state index contributed by atoms with van der Waals surface area (Å²) in [6.07, 6.45) is -0.533. The Hall–Kier alpha value is -1.22. The minimum Gasteiger partial charge on any atom is -0.479 e. The van der Waals surface area contributed by atoms with E-state index in [0.717, 1.165) is 5.56 Å². The van der Waals surface area contributed by atoms with Gasteiger partial charge in [-0.3, -0.25) is 4.79 Å². The van der Waals surface area contributed by atoms with Gasteiger partial charge in [0.1, 0.15) is 5.75 Å². The molecule has 0 bridgehead atoms. The zero-order chi connectivity index (χ0) is 12.3. The molecule has 1 rings (SSSR count). The summed E-state index contributed by atoms with van der Waals surface area (Å²) in [5, 5.41) is 0.518. The van der Waals surface area contributed by atoms with Crippen LogP contribution in [0.5, 0.6) is 5.75 Å². The topological polar surface area (TPSA) is 29.5 Å². The molecule has 0 spiro atoms. The second kappa shape index (κ2) is 5.21. The van der Waals surface area contributed by atoms with Gasteiger partial charge in [0.25, 0.3) is 5.91 Å². The van der Waals surface area contributed by atoms with Crippen LogP contribution in [0.15, 0.2) is 18.2 Å². The lowest BCUT2D eigenvalue weighted by Crippen LogP contribution is -2.35. The Bertz CT molecular complexity index is 391. The molecule has 16 heavy (non-hydrogen) atoms. The minimum atomic E-state index is -0.533. The molecule has 0 radical (unpaired) electrons. The smallest absolute Gasteiger partial charge is 0.262 e. The monoisotopic (exact) mass is 241 g/mol. The van der Waals surface area contributed by atoms with Crippen molar-refractivity contribution in [3.05, 3.63) is 28.8 Å². The average Bonchev–Trinajstić information content (AvgIpc) is 2.22. The van der Waals surface area contributed by atoms with Crippen LogP contribution in [0, 0.1) is 6.92 Å². The van der Waals surface area contributed by atoms with Gasteiger partial charge in [-0.05, 0) is 31.5 Å². The molecule has 1 aromatic rings. The van der Waals surface area contributed by atoms with E-state index in [2.05, 4.69) is 0 Å². The van der Waals surface area contributed by atoms with Crippen LogP contribution in [0.1, 0.15) is 12.5 Å². The molecule has 0 fully saturated rings. The first kappa shape index (κ1) is 12.8. The normalized spacial score (nSPS) is 12.1. The van der Waals surface area contributed by atoms with Crippen LogP contribution in [0.25, 0.3) is 0 Å². The molecule has 0 aliphatic rings. The highest BCUT2D eigenvalue weighted by atomic mass is 35.5. The molecule has 88 valence electrons. The van der Waals surface area contributed by atoms with Gasteiger partial charge in [0.05, 0.1) is 5.02 Å². The summed E-state index contributed by atoms with van der Waals surface area (Å²) < 4.78 is 5.53. The van der Waals surface area contributed by atoms with Gasteiger partial charge in [0.2, 0.25) is 0 Å². The first-order chi connectivity index (χ1) is 7.41. The van der Waals surface area contributed by atoms with Crippen LogP contribution >= 0.6 is 11.6 Å². The molecule has 1 amide bonds. The highest BCUT2D eigenvalue weighted by Gasteiger charge is 2.17. The van der Waals surface area contributed by atoms with E-state index in [1.165, 1.54) is 4.90 Å². The molecule has 1 atom stereocenters. The molecule has 1 aromatic carbocycles. The van der Waals surface area contributed by atoms with Crippen molar-refractivity contribution in [2.45, 2.75) is 20.0 Å². The predicted molar refractivity (Wildman–Crippen MR) is 65.0 cm³/mol. The van der Waals surface area contributed by atoms with E-state index in [1.807, 2.05) is 19.1 Å². The maximum absolute atomic E-state index is 11.6. The number of carbonyl (C=O) groups excluding carboxylic acids is 1. The third-order valence-corrected chi connectivity index (χ3v) is 2.49. The van der Waals surface area contributed by atoms with Crippen LogP contribution in [-0.4, -0.2) is 31.0 Å². The van der Waals surface area contributed by atoms with Crippen molar-refractivity contribution in [2.24, 2.45) is 0 Å². The lowest BCUT2D eigenvalue weighted by atomic mass is 10.2. The summed E-state index contributed by atoms with van der Waals surface area (Å²) in [5.74, 6) is 0.460. The van der Waals surface area contributed by atoms with Gasteiger partial charge < -0.3 is 9.64 Å². The zero-order valence-electron chi connectivity index (χ0n) is 9.95. The molecule has 4 heteroatoms. The summed E-state index contributed by atoms with van der Waals surface area (Å²) in [7, 11) is 3.39. The fourth-order valence-electron chi connectivity index (χ4n) is 1.31. The number of rotatable bonds is 3. The van der Waals surface area contributed by atoms with Crippen molar-refractivity contribution in [1.29, 1.82) is 0 Å². The summed E-state index contributed by atoms with van der Waals surface area (Å²) >= 11 is 5.97. The van der Waals surface area contributed by atoms with Crippen molar-refractivity contribution in [1.82, 2.24) is 4.90 Å². The van der Waals surface area contributed by atoms with E-state index in [9.17, 15) is 4.79 Å². The van der Waals surface area contributed by atoms with E-state index in [4.69, 9.17) is 16.3 Å². The number of likely N-dealkylation sites (N-methyl/N-ethyl adjacent to an activating group) is 1. The molecule has 0 saturated heterocycles. The number of amides is 1. The van der Waals surface area contributed by atoms with Crippen molar-refractivity contribution < 1.29 is 9.53 Å². The highest BCUT2D eigenvalue weighted by molar-refractivity contribution is 6.32. The summed E-state index contributed by atoms with van der Waals surface area (Å²) in [4.78, 5) is 13.1. The third kappa shape index (κ3) is 3.14. The van der Waals surface area contributed by atoms with Crippen LogP contribution in [0.4, 0.5) is 0 Å². The van der Waals surface area contributed by atoms with Gasteiger partial charge in [-0.25, -0.2) is 0 Å². The predicted octanol–water partition coefficient (Wildman–Crippen LogP) is 2.50. The quantitative estimate of drug-likeness (QED) is 0.814. The van der Waals surface area contributed by atoms with Gasteiger partial charge in [-0.2, -0.15) is 0 Å². The molecule has 0 N–H and O–H groups in total. The highest BCUT2D eigenvalue weighted by Crippen LogP contribution is 2.26. The molecule has 0 aliphatic carbocycles. The number of hydrogen-bond acceptors (Lipinski definition) is 2. The van der Waals surface area contributed by atoms with E-state index in [0.29, 0.717) is 10.8 Å². The maximum atomic E-state index is 11.6. The van der Waals surface area contributed by atoms with Crippen molar-refractivity contribution >= 4 is 17.5 Å². The Morgan fingerprint density at radius 2 is 2.06 bits per heavy atom. The number of ether oxygens (including phenoxy) is 1. The third-order valence-electron chi connectivity index (χ3n) is 2.18. The van der Waals surface area contributed by atoms with E-state index >= 15 is 0 Å². The molecule has 0 aromatic heterocycles. The Morgan fingerprint density at radius 3 is 2.62 bits per heavy atom. The molecular formula is C12H16ClNO2. The van der Waals surface area contributed by atoms with Crippen LogP contribution in [0.3, 0.4) is 0 Å². The van der Waals surface area contributed by atoms with Crippen molar-refractivity contribution in [2.75, 3.05) is 14.1 Å². The minimum absolute atomic E-state index is 0.0856. The van der Waals surface area contributed by atoms with E-state index in [-0.39, 0.29) is 5.91 Å². The number of nitrogens with zero attached hydrogens (tertiary/aromatic N) is 1. The van der Waals surface area contributed by atoms with Gasteiger partial charge in [0.15, 0.2) is 6.10 Å². The standard InChI is InChI=1S/C12H16ClNO2/c1-8-5-6-10(13)11(7-8)16-9(2)12(15)14(3)4/h5-7,9H,1-4H3. The molecule has 0 saturated carbocycles. The lowest BCUT2D eigenvalue weighted by Gasteiger charge is -2.19. The molecular weight excluding hydrogens is 226 g/mol. The van der Waals surface area contributed by atoms with Gasteiger partial charge in [0, 0.05) is 14.1 Å². The first-order valence-electron chi connectivity index (χ1n) is 5.06. The summed E-state index contributed by atoms with van der Waals surface area (Å²) in [6.45, 7) is 3.66. The van der Waals surface area contributed by atoms with E-state index < -0.39 is 6.10 Å². The number of aryl methyl sites for hydroxylation is 1. The molecule has 0 heterocycles. The fraction of sp³-hybridized carbons (Fsp3) is 0.417. The van der Waals surface area contributed by atoms with Crippen molar-refractivity contribution in [3.8, 4) is 5.75 Å². The summed E-state index contributed by atoms with van der Waals surface area (Å²) in [6, 6.07) is 5.48. The largest absolute Gasteiger partial charge is 0.479 e. The van der Waals surface area contributed by atoms with Crippen LogP contribution in [0.2, 0.25) is 5.02 Å². The van der Waals surface area contributed by atoms with Gasteiger partial charge in [-0.1, -0.05) is 17.7 Å².